The Hall–Kier alpha value is -2.44. The summed E-state index contributed by atoms with van der Waals surface area (Å²) in [6, 6.07) is 6.75. The third kappa shape index (κ3) is 2.66. The Morgan fingerprint density at radius 1 is 1.41 bits per heavy atom. The largest absolute Gasteiger partial charge is 0.392 e. The lowest BCUT2D eigenvalue weighted by atomic mass is 10.2. The number of fused-ring (bicyclic) bond motifs is 1. The fourth-order valence-corrected chi connectivity index (χ4v) is 2.31. The number of aryl methyl sites for hydroxylation is 1. The zero-order chi connectivity index (χ0) is 15.7. The van der Waals surface area contributed by atoms with Crippen LogP contribution < -0.4 is 5.32 Å². The van der Waals surface area contributed by atoms with Crippen molar-refractivity contribution in [3.63, 3.8) is 0 Å². The number of nitrogens with one attached hydrogen (secondary N) is 1. The predicted molar refractivity (Wildman–Crippen MR) is 83.1 cm³/mol. The number of benzene rings is 1. The number of aliphatic hydroxyl groups excluding tert-OH is 1. The van der Waals surface area contributed by atoms with E-state index < -0.39 is 0 Å². The number of aliphatic hydroxyl groups is 1. The van der Waals surface area contributed by atoms with Crippen molar-refractivity contribution in [1.82, 2.24) is 14.6 Å². The number of hydrogen-bond donors (Lipinski definition) is 2. The minimum Gasteiger partial charge on any atom is -0.392 e. The van der Waals surface area contributed by atoms with Gasteiger partial charge in [0.05, 0.1) is 12.8 Å². The number of hydrogen-bond acceptors (Lipinski definition) is 4. The third-order valence-electron chi connectivity index (χ3n) is 3.23. The van der Waals surface area contributed by atoms with Crippen LogP contribution in [0.3, 0.4) is 0 Å². The van der Waals surface area contributed by atoms with Gasteiger partial charge in [-0.15, -0.1) is 0 Å². The van der Waals surface area contributed by atoms with E-state index >= 15 is 0 Å². The molecule has 0 saturated carbocycles. The molecule has 2 N–H and O–H groups in total. The number of nitrogens with zero attached hydrogens (tertiary/aromatic N) is 3. The smallest absolute Gasteiger partial charge is 0.261 e. The molecular formula is C15H13ClN4O2. The van der Waals surface area contributed by atoms with E-state index in [-0.39, 0.29) is 12.5 Å². The zero-order valence-corrected chi connectivity index (χ0v) is 12.5. The normalized spacial score (nSPS) is 10.9. The fourth-order valence-electron chi connectivity index (χ4n) is 2.07. The molecule has 1 aromatic carbocycles. The maximum Gasteiger partial charge on any atom is 0.261 e. The number of carbonyl (C=O) groups excluding carboxylic acids is 1. The van der Waals surface area contributed by atoms with Crippen molar-refractivity contribution < 1.29 is 9.90 Å². The Morgan fingerprint density at radius 2 is 2.23 bits per heavy atom. The van der Waals surface area contributed by atoms with E-state index in [2.05, 4.69) is 15.4 Å². The Bertz CT molecular complexity index is 860. The molecule has 0 fully saturated rings. The average Bonchev–Trinajstić information content (AvgIpc) is 2.90. The van der Waals surface area contributed by atoms with Gasteiger partial charge in [-0.25, -0.2) is 9.50 Å². The Kier molecular flexibility index (Phi) is 3.79. The van der Waals surface area contributed by atoms with Gasteiger partial charge in [-0.05, 0) is 30.7 Å². The molecule has 0 saturated heterocycles. The molecule has 0 spiro atoms. The molecule has 0 aliphatic rings. The highest BCUT2D eigenvalue weighted by atomic mass is 35.5. The molecule has 0 radical (unpaired) electrons. The van der Waals surface area contributed by atoms with E-state index in [1.807, 2.05) is 13.0 Å². The van der Waals surface area contributed by atoms with Crippen molar-refractivity contribution in [3.05, 3.63) is 58.5 Å². The number of halogens is 1. The lowest BCUT2D eigenvalue weighted by Gasteiger charge is -2.07. The van der Waals surface area contributed by atoms with Gasteiger partial charge in [0.1, 0.15) is 5.56 Å². The standard InChI is InChI=1S/C15H13ClN4O2/c1-9-4-5-20-14(18-9)12(7-17-20)15(22)19-11-3-2-10(8-21)13(16)6-11/h2-7,21H,8H2,1H3,(H,19,22). The summed E-state index contributed by atoms with van der Waals surface area (Å²) in [6.45, 7) is 1.70. The molecule has 7 heteroatoms. The van der Waals surface area contributed by atoms with Crippen LogP contribution >= 0.6 is 11.6 Å². The van der Waals surface area contributed by atoms with E-state index in [9.17, 15) is 4.79 Å². The SMILES string of the molecule is Cc1ccn2ncc(C(=O)Nc3ccc(CO)c(Cl)c3)c2n1. The molecule has 2 heterocycles. The maximum absolute atomic E-state index is 12.4. The Morgan fingerprint density at radius 3 is 2.95 bits per heavy atom. The predicted octanol–water partition coefficient (Wildman–Crippen LogP) is 2.44. The molecular weight excluding hydrogens is 304 g/mol. The Balaban J connectivity index is 1.90. The lowest BCUT2D eigenvalue weighted by molar-refractivity contribution is 0.102. The van der Waals surface area contributed by atoms with Crippen LogP contribution in [-0.4, -0.2) is 25.6 Å². The molecule has 22 heavy (non-hydrogen) atoms. The molecule has 0 atom stereocenters. The summed E-state index contributed by atoms with van der Waals surface area (Å²) in [5, 5.41) is 16.3. The van der Waals surface area contributed by atoms with Gasteiger partial charge >= 0.3 is 0 Å². The monoisotopic (exact) mass is 316 g/mol. The van der Waals surface area contributed by atoms with Crippen molar-refractivity contribution in [1.29, 1.82) is 0 Å². The van der Waals surface area contributed by atoms with Gasteiger partial charge in [-0.3, -0.25) is 4.79 Å². The minimum atomic E-state index is -0.319. The van der Waals surface area contributed by atoms with Crippen LogP contribution in [0.5, 0.6) is 0 Å². The molecule has 1 amide bonds. The molecule has 0 aliphatic carbocycles. The van der Waals surface area contributed by atoms with Crippen LogP contribution in [-0.2, 0) is 6.61 Å². The molecule has 0 aliphatic heterocycles. The molecule has 0 unspecified atom stereocenters. The molecule has 2 aromatic heterocycles. The number of aromatic nitrogens is 3. The van der Waals surface area contributed by atoms with Crippen LogP contribution in [0.4, 0.5) is 5.69 Å². The maximum atomic E-state index is 12.4. The molecule has 3 rings (SSSR count). The van der Waals surface area contributed by atoms with Crippen LogP contribution in [0.1, 0.15) is 21.6 Å². The van der Waals surface area contributed by atoms with Crippen LogP contribution in [0.2, 0.25) is 5.02 Å². The first-order valence-corrected chi connectivity index (χ1v) is 6.98. The van der Waals surface area contributed by atoms with Crippen LogP contribution in [0, 0.1) is 6.92 Å². The first kappa shape index (κ1) is 14.5. The van der Waals surface area contributed by atoms with Crippen molar-refractivity contribution >= 4 is 28.8 Å². The van der Waals surface area contributed by atoms with E-state index in [1.165, 1.54) is 6.20 Å². The summed E-state index contributed by atoms with van der Waals surface area (Å²) in [5.74, 6) is -0.319. The van der Waals surface area contributed by atoms with Gasteiger partial charge < -0.3 is 10.4 Å². The number of carbonyl (C=O) groups is 1. The van der Waals surface area contributed by atoms with Gasteiger partial charge in [0, 0.05) is 22.6 Å². The van der Waals surface area contributed by atoms with Crippen molar-refractivity contribution in [2.24, 2.45) is 0 Å². The second kappa shape index (κ2) is 5.75. The number of anilines is 1. The molecule has 0 bridgehead atoms. The lowest BCUT2D eigenvalue weighted by Crippen LogP contribution is -2.12. The second-order valence-electron chi connectivity index (χ2n) is 4.81. The zero-order valence-electron chi connectivity index (χ0n) is 11.7. The summed E-state index contributed by atoms with van der Waals surface area (Å²) in [7, 11) is 0. The van der Waals surface area contributed by atoms with E-state index in [0.29, 0.717) is 27.5 Å². The first-order valence-electron chi connectivity index (χ1n) is 6.60. The van der Waals surface area contributed by atoms with Crippen LogP contribution in [0.25, 0.3) is 5.65 Å². The second-order valence-corrected chi connectivity index (χ2v) is 5.22. The summed E-state index contributed by atoms with van der Waals surface area (Å²) < 4.78 is 1.55. The summed E-state index contributed by atoms with van der Waals surface area (Å²) in [4.78, 5) is 16.7. The first-order chi connectivity index (χ1) is 10.6. The van der Waals surface area contributed by atoms with E-state index in [0.717, 1.165) is 5.69 Å². The molecule has 112 valence electrons. The Labute approximate surface area is 131 Å². The van der Waals surface area contributed by atoms with Gasteiger partial charge in [0.2, 0.25) is 0 Å². The topological polar surface area (TPSA) is 79.5 Å². The van der Waals surface area contributed by atoms with Gasteiger partial charge in [0.15, 0.2) is 5.65 Å². The highest BCUT2D eigenvalue weighted by Crippen LogP contribution is 2.21. The van der Waals surface area contributed by atoms with Crippen molar-refractivity contribution in [2.45, 2.75) is 13.5 Å². The fraction of sp³-hybridized carbons (Fsp3) is 0.133. The van der Waals surface area contributed by atoms with Gasteiger partial charge in [-0.2, -0.15) is 5.10 Å². The van der Waals surface area contributed by atoms with Crippen LogP contribution in [0.15, 0.2) is 36.7 Å². The van der Waals surface area contributed by atoms with Crippen molar-refractivity contribution in [2.75, 3.05) is 5.32 Å². The van der Waals surface area contributed by atoms with Crippen molar-refractivity contribution in [3.8, 4) is 0 Å². The van der Waals surface area contributed by atoms with Gasteiger partial charge in [0.25, 0.3) is 5.91 Å². The minimum absolute atomic E-state index is 0.149. The summed E-state index contributed by atoms with van der Waals surface area (Å²) in [6.07, 6.45) is 3.22. The van der Waals surface area contributed by atoms with E-state index in [1.54, 1.807) is 28.9 Å². The van der Waals surface area contributed by atoms with E-state index in [4.69, 9.17) is 16.7 Å². The average molecular weight is 317 g/mol. The summed E-state index contributed by atoms with van der Waals surface area (Å²) in [5.41, 5.74) is 2.83. The highest BCUT2D eigenvalue weighted by Gasteiger charge is 2.14. The molecule has 6 nitrogen and oxygen atoms in total. The number of rotatable bonds is 3. The molecule has 3 aromatic rings. The quantitative estimate of drug-likeness (QED) is 0.778. The number of amides is 1. The third-order valence-corrected chi connectivity index (χ3v) is 3.59. The highest BCUT2D eigenvalue weighted by molar-refractivity contribution is 6.31. The van der Waals surface area contributed by atoms with Gasteiger partial charge in [-0.1, -0.05) is 17.7 Å². The summed E-state index contributed by atoms with van der Waals surface area (Å²) >= 11 is 6.01.